The minimum atomic E-state index is 0.200. The molecular weight excluding hydrogens is 368 g/mol. The zero-order valence-corrected chi connectivity index (χ0v) is 15.0. The lowest BCUT2D eigenvalue weighted by molar-refractivity contribution is 0.740. The first-order chi connectivity index (χ1) is 9.90. The van der Waals surface area contributed by atoms with Crippen LogP contribution in [0.3, 0.4) is 0 Å². The van der Waals surface area contributed by atoms with Gasteiger partial charge in [-0.1, -0.05) is 36.0 Å². The maximum atomic E-state index is 6.07. The third-order valence-corrected chi connectivity index (χ3v) is 4.65. The summed E-state index contributed by atoms with van der Waals surface area (Å²) in [6.45, 7) is 2.14. The second kappa shape index (κ2) is 6.77. The Bertz CT molecular complexity index is 675. The quantitative estimate of drug-likeness (QED) is 0.759. The summed E-state index contributed by atoms with van der Waals surface area (Å²) in [6.07, 6.45) is 0. The maximum Gasteiger partial charge on any atom is 0.105 e. The molecule has 0 aromatic heterocycles. The molecule has 0 heterocycles. The molecule has 0 fully saturated rings. The van der Waals surface area contributed by atoms with Gasteiger partial charge in [0.15, 0.2) is 0 Å². The summed E-state index contributed by atoms with van der Waals surface area (Å²) in [5, 5.41) is 0.748. The van der Waals surface area contributed by atoms with Crippen molar-refractivity contribution in [2.45, 2.75) is 13.0 Å². The summed E-state index contributed by atoms with van der Waals surface area (Å²) in [6, 6.07) is 14.1. The van der Waals surface area contributed by atoms with Gasteiger partial charge in [0, 0.05) is 27.8 Å². The second-order valence-electron chi connectivity index (χ2n) is 4.87. The van der Waals surface area contributed by atoms with E-state index >= 15 is 0 Å². The molecule has 2 nitrogen and oxygen atoms in total. The van der Waals surface area contributed by atoms with Crippen LogP contribution >= 0.6 is 39.7 Å². The molecular formula is C16H16BrClN2S. The Morgan fingerprint density at radius 2 is 2.00 bits per heavy atom. The fourth-order valence-electron chi connectivity index (χ4n) is 2.14. The number of hydrogen-bond donors (Lipinski definition) is 1. The molecule has 0 radical (unpaired) electrons. The van der Waals surface area contributed by atoms with Gasteiger partial charge in [-0.05, 0) is 58.7 Å². The van der Waals surface area contributed by atoms with Crippen molar-refractivity contribution in [2.75, 3.05) is 11.9 Å². The van der Waals surface area contributed by atoms with E-state index < -0.39 is 0 Å². The monoisotopic (exact) mass is 382 g/mol. The summed E-state index contributed by atoms with van der Waals surface area (Å²) in [7, 11) is 2.05. The van der Waals surface area contributed by atoms with Crippen molar-refractivity contribution in [3.63, 3.8) is 0 Å². The molecule has 5 heteroatoms. The van der Waals surface area contributed by atoms with E-state index in [1.54, 1.807) is 0 Å². The Morgan fingerprint density at radius 1 is 1.29 bits per heavy atom. The fourth-order valence-corrected chi connectivity index (χ4v) is 3.23. The van der Waals surface area contributed by atoms with E-state index in [0.717, 1.165) is 20.7 Å². The highest BCUT2D eigenvalue weighted by Crippen LogP contribution is 2.30. The molecule has 0 amide bonds. The van der Waals surface area contributed by atoms with Gasteiger partial charge in [-0.15, -0.1) is 0 Å². The van der Waals surface area contributed by atoms with Crippen LogP contribution in [0.1, 0.15) is 24.1 Å². The summed E-state index contributed by atoms with van der Waals surface area (Å²) in [4.78, 5) is 2.57. The highest BCUT2D eigenvalue weighted by atomic mass is 79.9. The topological polar surface area (TPSA) is 29.3 Å². The van der Waals surface area contributed by atoms with E-state index in [-0.39, 0.29) is 6.04 Å². The molecule has 0 aliphatic rings. The highest BCUT2D eigenvalue weighted by molar-refractivity contribution is 9.10. The van der Waals surface area contributed by atoms with Crippen molar-refractivity contribution >= 4 is 50.4 Å². The van der Waals surface area contributed by atoms with Crippen molar-refractivity contribution < 1.29 is 0 Å². The lowest BCUT2D eigenvalue weighted by atomic mass is 10.1. The third-order valence-electron chi connectivity index (χ3n) is 3.54. The first-order valence-corrected chi connectivity index (χ1v) is 8.05. The number of hydrogen-bond acceptors (Lipinski definition) is 2. The molecule has 0 spiro atoms. The van der Waals surface area contributed by atoms with Crippen molar-refractivity contribution in [1.82, 2.24) is 0 Å². The molecule has 110 valence electrons. The normalized spacial score (nSPS) is 12.0. The number of benzene rings is 2. The second-order valence-corrected chi connectivity index (χ2v) is 6.60. The zero-order chi connectivity index (χ0) is 15.6. The fraction of sp³-hybridized carbons (Fsp3) is 0.188. The van der Waals surface area contributed by atoms with Crippen molar-refractivity contribution in [2.24, 2.45) is 5.73 Å². The number of anilines is 1. The van der Waals surface area contributed by atoms with Gasteiger partial charge in [-0.3, -0.25) is 0 Å². The Labute approximate surface area is 144 Å². The van der Waals surface area contributed by atoms with Crippen LogP contribution in [0.2, 0.25) is 5.02 Å². The van der Waals surface area contributed by atoms with Gasteiger partial charge < -0.3 is 10.6 Å². The van der Waals surface area contributed by atoms with Crippen molar-refractivity contribution in [3.05, 3.63) is 63.1 Å². The smallest absolute Gasteiger partial charge is 0.105 e. The molecule has 2 aromatic carbocycles. The predicted octanol–water partition coefficient (Wildman–Crippen LogP) is 4.93. The summed E-state index contributed by atoms with van der Waals surface area (Å²) in [5.41, 5.74) is 8.77. The molecule has 1 atom stereocenters. The number of rotatable bonds is 4. The molecule has 2 rings (SSSR count). The van der Waals surface area contributed by atoms with Crippen LogP contribution in [-0.2, 0) is 0 Å². The summed E-state index contributed by atoms with van der Waals surface area (Å²) >= 11 is 14.6. The minimum absolute atomic E-state index is 0.200. The molecule has 21 heavy (non-hydrogen) atoms. The van der Waals surface area contributed by atoms with Crippen LogP contribution in [0.4, 0.5) is 5.69 Å². The van der Waals surface area contributed by atoms with Gasteiger partial charge in [0.2, 0.25) is 0 Å². The molecule has 0 bridgehead atoms. The number of nitrogens with two attached hydrogens (primary N) is 1. The number of nitrogens with zero attached hydrogens (tertiary/aromatic N) is 1. The molecule has 0 aliphatic heterocycles. The molecule has 1 unspecified atom stereocenters. The van der Waals surface area contributed by atoms with Gasteiger partial charge in [-0.2, -0.15) is 0 Å². The lowest BCUT2D eigenvalue weighted by Crippen LogP contribution is -2.22. The van der Waals surface area contributed by atoms with Crippen molar-refractivity contribution in [1.29, 1.82) is 0 Å². The van der Waals surface area contributed by atoms with Crippen molar-refractivity contribution in [3.8, 4) is 0 Å². The average Bonchev–Trinajstić information content (AvgIpc) is 2.45. The van der Waals surface area contributed by atoms with Crippen LogP contribution in [-0.4, -0.2) is 12.0 Å². The van der Waals surface area contributed by atoms with Crippen LogP contribution in [0, 0.1) is 0 Å². The lowest BCUT2D eigenvalue weighted by Gasteiger charge is -2.28. The number of halogens is 2. The van der Waals surface area contributed by atoms with Crippen LogP contribution in [0.25, 0.3) is 0 Å². The Hall–Kier alpha value is -1.10. The van der Waals surface area contributed by atoms with Gasteiger partial charge >= 0.3 is 0 Å². The Kier molecular flexibility index (Phi) is 5.25. The van der Waals surface area contributed by atoms with Crippen LogP contribution in [0.5, 0.6) is 0 Å². The number of thiocarbonyl (C=S) groups is 1. The van der Waals surface area contributed by atoms with E-state index in [1.807, 2.05) is 43.4 Å². The van der Waals surface area contributed by atoms with E-state index in [0.29, 0.717) is 4.99 Å². The predicted molar refractivity (Wildman–Crippen MR) is 98.3 cm³/mol. The van der Waals surface area contributed by atoms with Gasteiger partial charge in [0.1, 0.15) is 4.99 Å². The Balaban J connectivity index is 2.29. The molecule has 2 N–H and O–H groups in total. The first kappa shape index (κ1) is 16.3. The van der Waals surface area contributed by atoms with Gasteiger partial charge in [0.05, 0.1) is 6.04 Å². The van der Waals surface area contributed by atoms with E-state index in [9.17, 15) is 0 Å². The van der Waals surface area contributed by atoms with E-state index in [1.165, 1.54) is 5.56 Å². The summed E-state index contributed by atoms with van der Waals surface area (Å²) in [5.74, 6) is 0. The molecule has 2 aromatic rings. The first-order valence-electron chi connectivity index (χ1n) is 6.48. The van der Waals surface area contributed by atoms with Crippen LogP contribution in [0.15, 0.2) is 46.9 Å². The standard InChI is InChI=1S/C16H16BrClN2S/c1-10(11-4-3-5-12(18)8-11)20(2)13-6-7-14(16(19)21)15(17)9-13/h3-10H,1-2H3,(H2,19,21). The molecule has 0 saturated heterocycles. The van der Waals surface area contributed by atoms with Gasteiger partial charge in [-0.25, -0.2) is 0 Å². The van der Waals surface area contributed by atoms with Crippen LogP contribution < -0.4 is 10.6 Å². The zero-order valence-electron chi connectivity index (χ0n) is 11.8. The largest absolute Gasteiger partial charge is 0.389 e. The average molecular weight is 384 g/mol. The SMILES string of the molecule is CC(c1cccc(Cl)c1)N(C)c1ccc(C(N)=S)c(Br)c1. The van der Waals surface area contributed by atoms with Gasteiger partial charge in [0.25, 0.3) is 0 Å². The maximum absolute atomic E-state index is 6.07. The third kappa shape index (κ3) is 3.76. The molecule has 0 saturated carbocycles. The van der Waals surface area contributed by atoms with E-state index in [2.05, 4.69) is 33.8 Å². The Morgan fingerprint density at radius 3 is 2.57 bits per heavy atom. The summed E-state index contributed by atoms with van der Waals surface area (Å²) < 4.78 is 0.901. The minimum Gasteiger partial charge on any atom is -0.389 e. The van der Waals surface area contributed by atoms with E-state index in [4.69, 9.17) is 29.6 Å². The highest BCUT2D eigenvalue weighted by Gasteiger charge is 2.14. The molecule has 0 aliphatic carbocycles.